The fourth-order valence-corrected chi connectivity index (χ4v) is 4.15. The Balaban J connectivity index is 2.26. The summed E-state index contributed by atoms with van der Waals surface area (Å²) < 4.78 is 40.4. The molecule has 0 aromatic heterocycles. The molecule has 1 amide bonds. The lowest BCUT2D eigenvalue weighted by Crippen LogP contribution is -2.31. The summed E-state index contributed by atoms with van der Waals surface area (Å²) in [7, 11) is -3.78. The molecule has 8 heteroatoms. The number of sulfonamides is 1. The van der Waals surface area contributed by atoms with Crippen LogP contribution in [0.4, 0.5) is 4.39 Å². The van der Waals surface area contributed by atoms with Crippen molar-refractivity contribution in [1.82, 2.24) is 9.62 Å². The molecule has 0 radical (unpaired) electrons. The minimum atomic E-state index is -3.78. The highest BCUT2D eigenvalue weighted by molar-refractivity contribution is 7.89. The van der Waals surface area contributed by atoms with Crippen molar-refractivity contribution in [3.63, 3.8) is 0 Å². The van der Waals surface area contributed by atoms with Gasteiger partial charge in [-0.2, -0.15) is 4.31 Å². The average molecular weight is 399 g/mol. The number of benzene rings is 2. The van der Waals surface area contributed by atoms with Crippen LogP contribution < -0.4 is 5.32 Å². The van der Waals surface area contributed by atoms with Crippen LogP contribution in [-0.4, -0.2) is 31.7 Å². The molecular weight excluding hydrogens is 379 g/mol. The lowest BCUT2D eigenvalue weighted by atomic mass is 10.2. The van der Waals surface area contributed by atoms with Crippen molar-refractivity contribution in [2.75, 3.05) is 13.1 Å². The minimum absolute atomic E-state index is 0.102. The molecule has 2 rings (SSSR count). The summed E-state index contributed by atoms with van der Waals surface area (Å²) in [5.41, 5.74) is 0.347. The Hall–Kier alpha value is -1.96. The van der Waals surface area contributed by atoms with Crippen molar-refractivity contribution in [3.05, 3.63) is 64.4 Å². The quantitative estimate of drug-likeness (QED) is 0.776. The third-order valence-corrected chi connectivity index (χ3v) is 6.34. The van der Waals surface area contributed by atoms with Crippen LogP contribution in [0.15, 0.2) is 47.4 Å². The predicted octanol–water partition coefficient (Wildman–Crippen LogP) is 3.44. The summed E-state index contributed by atoms with van der Waals surface area (Å²) in [4.78, 5) is 12.2. The minimum Gasteiger partial charge on any atom is -0.348 e. The zero-order chi connectivity index (χ0) is 19.3. The van der Waals surface area contributed by atoms with Crippen molar-refractivity contribution in [3.8, 4) is 0 Å². The van der Waals surface area contributed by atoms with E-state index in [1.807, 2.05) is 0 Å². The number of hydrogen-bond donors (Lipinski definition) is 1. The number of rotatable bonds is 7. The van der Waals surface area contributed by atoms with E-state index in [1.54, 1.807) is 38.1 Å². The van der Waals surface area contributed by atoms with Gasteiger partial charge in [-0.1, -0.05) is 43.6 Å². The SMILES string of the molecule is CCN(CC)S(=O)(=O)c1ccc(F)c(C(=O)NCc2ccccc2Cl)c1. The summed E-state index contributed by atoms with van der Waals surface area (Å²) in [6.07, 6.45) is 0. The highest BCUT2D eigenvalue weighted by Crippen LogP contribution is 2.20. The van der Waals surface area contributed by atoms with E-state index in [0.29, 0.717) is 10.6 Å². The van der Waals surface area contributed by atoms with Gasteiger partial charge < -0.3 is 5.32 Å². The van der Waals surface area contributed by atoms with E-state index in [9.17, 15) is 17.6 Å². The molecule has 140 valence electrons. The number of halogens is 2. The zero-order valence-corrected chi connectivity index (χ0v) is 16.1. The molecule has 26 heavy (non-hydrogen) atoms. The first-order valence-corrected chi connectivity index (χ1v) is 9.94. The van der Waals surface area contributed by atoms with Gasteiger partial charge in [0, 0.05) is 24.7 Å². The van der Waals surface area contributed by atoms with Crippen LogP contribution in [0.25, 0.3) is 0 Å². The molecular formula is C18H20ClFN2O3S. The van der Waals surface area contributed by atoms with Crippen LogP contribution in [0.3, 0.4) is 0 Å². The number of nitrogens with zero attached hydrogens (tertiary/aromatic N) is 1. The Kier molecular flexibility index (Phi) is 6.75. The molecule has 0 aliphatic heterocycles. The van der Waals surface area contributed by atoms with Gasteiger partial charge in [0.25, 0.3) is 5.91 Å². The second kappa shape index (κ2) is 8.62. The highest BCUT2D eigenvalue weighted by Gasteiger charge is 2.24. The molecule has 0 saturated carbocycles. The molecule has 0 aliphatic rings. The van der Waals surface area contributed by atoms with Crippen molar-refractivity contribution in [2.24, 2.45) is 0 Å². The second-order valence-corrected chi connectivity index (χ2v) is 7.85. The fourth-order valence-electron chi connectivity index (χ4n) is 2.46. The summed E-state index contributed by atoms with van der Waals surface area (Å²) in [6, 6.07) is 10.2. The third kappa shape index (κ3) is 4.41. The van der Waals surface area contributed by atoms with Gasteiger partial charge in [-0.25, -0.2) is 12.8 Å². The molecule has 0 aliphatic carbocycles. The Bertz CT molecular complexity index is 899. The first-order chi connectivity index (χ1) is 12.3. The predicted molar refractivity (Wildman–Crippen MR) is 99.1 cm³/mol. The van der Waals surface area contributed by atoms with Crippen molar-refractivity contribution in [1.29, 1.82) is 0 Å². The van der Waals surface area contributed by atoms with Crippen LogP contribution in [0.5, 0.6) is 0 Å². The van der Waals surface area contributed by atoms with Crippen LogP contribution in [-0.2, 0) is 16.6 Å². The maximum atomic E-state index is 14.1. The van der Waals surface area contributed by atoms with Gasteiger partial charge in [-0.15, -0.1) is 0 Å². The Morgan fingerprint density at radius 1 is 1.15 bits per heavy atom. The monoisotopic (exact) mass is 398 g/mol. The molecule has 2 aromatic carbocycles. The third-order valence-electron chi connectivity index (χ3n) is 3.92. The fraction of sp³-hybridized carbons (Fsp3) is 0.278. The summed E-state index contributed by atoms with van der Waals surface area (Å²) >= 11 is 6.03. The molecule has 0 fully saturated rings. The number of carbonyl (C=O) groups is 1. The van der Waals surface area contributed by atoms with Gasteiger partial charge >= 0.3 is 0 Å². The summed E-state index contributed by atoms with van der Waals surface area (Å²) in [6.45, 7) is 4.09. The van der Waals surface area contributed by atoms with Crippen molar-refractivity contribution >= 4 is 27.5 Å². The molecule has 0 saturated heterocycles. The number of hydrogen-bond acceptors (Lipinski definition) is 3. The highest BCUT2D eigenvalue weighted by atomic mass is 35.5. The van der Waals surface area contributed by atoms with E-state index in [4.69, 9.17) is 11.6 Å². The second-order valence-electron chi connectivity index (χ2n) is 5.51. The van der Waals surface area contributed by atoms with E-state index >= 15 is 0 Å². The van der Waals surface area contributed by atoms with Crippen LogP contribution in [0.2, 0.25) is 5.02 Å². The van der Waals surface area contributed by atoms with Gasteiger partial charge in [0.15, 0.2) is 0 Å². The number of amides is 1. The standard InChI is InChI=1S/C18H20ClFN2O3S/c1-3-22(4-2)26(24,25)14-9-10-17(20)15(11-14)18(23)21-12-13-7-5-6-8-16(13)19/h5-11H,3-4,12H2,1-2H3,(H,21,23). The number of nitrogens with one attached hydrogen (secondary N) is 1. The Morgan fingerprint density at radius 2 is 1.81 bits per heavy atom. The first kappa shape index (κ1) is 20.4. The molecule has 2 aromatic rings. The van der Waals surface area contributed by atoms with Crippen molar-refractivity contribution in [2.45, 2.75) is 25.3 Å². The molecule has 0 heterocycles. The van der Waals surface area contributed by atoms with Gasteiger partial charge in [-0.3, -0.25) is 4.79 Å². The van der Waals surface area contributed by atoms with Crippen LogP contribution in [0.1, 0.15) is 29.8 Å². The van der Waals surface area contributed by atoms with E-state index in [2.05, 4.69) is 5.32 Å². The molecule has 0 unspecified atom stereocenters. The van der Waals surface area contributed by atoms with E-state index in [-0.39, 0.29) is 30.1 Å². The zero-order valence-electron chi connectivity index (χ0n) is 14.5. The van der Waals surface area contributed by atoms with Gasteiger partial charge in [0.2, 0.25) is 10.0 Å². The molecule has 5 nitrogen and oxygen atoms in total. The first-order valence-electron chi connectivity index (χ1n) is 8.12. The van der Waals surface area contributed by atoms with Gasteiger partial charge in [-0.05, 0) is 29.8 Å². The van der Waals surface area contributed by atoms with E-state index < -0.39 is 21.7 Å². The van der Waals surface area contributed by atoms with Gasteiger partial charge in [0.05, 0.1) is 10.5 Å². The molecule has 0 spiro atoms. The molecule has 1 N–H and O–H groups in total. The maximum Gasteiger partial charge on any atom is 0.254 e. The van der Waals surface area contributed by atoms with E-state index in [1.165, 1.54) is 4.31 Å². The van der Waals surface area contributed by atoms with Crippen molar-refractivity contribution < 1.29 is 17.6 Å². The smallest absolute Gasteiger partial charge is 0.254 e. The topological polar surface area (TPSA) is 66.5 Å². The Morgan fingerprint density at radius 3 is 2.42 bits per heavy atom. The summed E-state index contributed by atoms with van der Waals surface area (Å²) in [5.74, 6) is -1.50. The summed E-state index contributed by atoms with van der Waals surface area (Å²) in [5, 5.41) is 3.04. The number of carbonyl (C=O) groups excluding carboxylic acids is 1. The largest absolute Gasteiger partial charge is 0.348 e. The molecule has 0 bridgehead atoms. The molecule has 0 atom stereocenters. The lowest BCUT2D eigenvalue weighted by Gasteiger charge is -2.19. The van der Waals surface area contributed by atoms with Crippen LogP contribution >= 0.6 is 11.6 Å². The Labute approximate surface area is 157 Å². The lowest BCUT2D eigenvalue weighted by molar-refractivity contribution is 0.0946. The maximum absolute atomic E-state index is 14.1. The average Bonchev–Trinajstić information content (AvgIpc) is 2.61. The normalized spacial score (nSPS) is 11.6. The van der Waals surface area contributed by atoms with Gasteiger partial charge in [0.1, 0.15) is 5.82 Å². The van der Waals surface area contributed by atoms with E-state index in [0.717, 1.165) is 18.2 Å². The van der Waals surface area contributed by atoms with Crippen LogP contribution in [0, 0.1) is 5.82 Å².